The van der Waals surface area contributed by atoms with Gasteiger partial charge in [0, 0.05) is 51.3 Å². The number of piperazine rings is 1. The van der Waals surface area contributed by atoms with Gasteiger partial charge in [0.2, 0.25) is 11.5 Å². The highest BCUT2D eigenvalue weighted by atomic mass is 16.6. The maximum Gasteiger partial charge on any atom is 0.409 e. The van der Waals surface area contributed by atoms with Crippen molar-refractivity contribution >= 4 is 46.4 Å². The molecule has 1 aromatic heterocycles. The number of hydrogen-bond donors (Lipinski definition) is 3. The average molecular weight is 642 g/mol. The van der Waals surface area contributed by atoms with Gasteiger partial charge >= 0.3 is 18.0 Å². The van der Waals surface area contributed by atoms with Crippen molar-refractivity contribution in [3.05, 3.63) is 29.0 Å². The number of carboxylic acids is 2. The van der Waals surface area contributed by atoms with E-state index in [9.17, 15) is 34.2 Å². The van der Waals surface area contributed by atoms with Crippen LogP contribution < -0.4 is 15.4 Å². The summed E-state index contributed by atoms with van der Waals surface area (Å²) in [4.78, 5) is 73.4. The monoisotopic (exact) mass is 641 g/mol. The van der Waals surface area contributed by atoms with E-state index in [1.807, 2.05) is 18.7 Å². The third-order valence-electron chi connectivity index (χ3n) is 8.95. The summed E-state index contributed by atoms with van der Waals surface area (Å²) in [7, 11) is 0. The lowest BCUT2D eigenvalue weighted by atomic mass is 9.80. The zero-order valence-electron chi connectivity index (χ0n) is 26.8. The summed E-state index contributed by atoms with van der Waals surface area (Å²) in [5, 5.41) is 20.0. The number of pyridine rings is 1. The number of fused-ring (bicyclic) bond motifs is 1. The summed E-state index contributed by atoms with van der Waals surface area (Å²) in [6, 6.07) is 3.39. The van der Waals surface area contributed by atoms with Gasteiger partial charge in [-0.2, -0.15) is 0 Å². The molecule has 2 aromatic rings. The molecule has 1 saturated carbocycles. The second-order valence-electron chi connectivity index (χ2n) is 11.6. The fraction of sp³-hybridized carbons (Fsp3) is 0.562. The molecule has 2 heterocycles. The number of ether oxygens (including phenoxy) is 2. The molecule has 3 amide bonds. The van der Waals surface area contributed by atoms with Gasteiger partial charge < -0.3 is 40.1 Å². The molecule has 1 aliphatic heterocycles. The lowest BCUT2D eigenvalue weighted by Gasteiger charge is -2.39. The molecule has 0 bridgehead atoms. The van der Waals surface area contributed by atoms with E-state index in [1.54, 1.807) is 30.9 Å². The van der Waals surface area contributed by atoms with E-state index in [2.05, 4.69) is 0 Å². The minimum atomic E-state index is -1.54. The molecule has 0 spiro atoms. The van der Waals surface area contributed by atoms with Crippen LogP contribution in [-0.2, 0) is 19.1 Å². The quantitative estimate of drug-likeness (QED) is 0.291. The fourth-order valence-electron chi connectivity index (χ4n) is 6.21. The summed E-state index contributed by atoms with van der Waals surface area (Å²) in [6.45, 7) is 9.47. The molecule has 250 valence electrons. The van der Waals surface area contributed by atoms with Gasteiger partial charge in [0.15, 0.2) is 0 Å². The second-order valence-corrected chi connectivity index (χ2v) is 11.6. The summed E-state index contributed by atoms with van der Waals surface area (Å²) in [5.41, 5.74) is 5.91. The number of benzene rings is 1. The zero-order chi connectivity index (χ0) is 33.8. The Morgan fingerprint density at radius 2 is 1.65 bits per heavy atom. The SMILES string of the molecule is CCOC(=O)N1CCN(C(=O)C(CCC(=O)O)c2nc3ccc(N(CC)CC)c(C(N)=O)c3c(OC3(C(=O)O)CCC3)c2C)CC1. The predicted molar refractivity (Wildman–Crippen MR) is 168 cm³/mol. The number of nitrogens with zero attached hydrogens (tertiary/aromatic N) is 4. The lowest BCUT2D eigenvalue weighted by Crippen LogP contribution is -2.52. The van der Waals surface area contributed by atoms with Gasteiger partial charge in [-0.05, 0) is 65.5 Å². The van der Waals surface area contributed by atoms with Gasteiger partial charge in [-0.25, -0.2) is 9.59 Å². The highest BCUT2D eigenvalue weighted by molar-refractivity contribution is 6.13. The standard InChI is InChI=1S/C32H43N5O9/c1-5-35(6-2)22-11-10-21-24(25(22)28(33)40)27(46-32(30(42)43)13-8-14-32)19(4)26(34-21)20(9-12-23(38)39)29(41)36-15-17-37(18-16-36)31(44)45-7-3/h10-11,20H,5-9,12-18H2,1-4H3,(H2,33,40)(H,38,39)(H,42,43). The van der Waals surface area contributed by atoms with Crippen LogP contribution in [0, 0.1) is 6.92 Å². The molecule has 1 aliphatic carbocycles. The summed E-state index contributed by atoms with van der Waals surface area (Å²) >= 11 is 0. The van der Waals surface area contributed by atoms with E-state index in [0.717, 1.165) is 0 Å². The summed E-state index contributed by atoms with van der Waals surface area (Å²) in [6.07, 6.45) is 0.231. The number of rotatable bonds is 13. The van der Waals surface area contributed by atoms with E-state index in [0.29, 0.717) is 30.8 Å². The van der Waals surface area contributed by atoms with Crippen LogP contribution in [0.4, 0.5) is 10.5 Å². The maximum atomic E-state index is 14.1. The number of carbonyl (C=O) groups is 5. The number of anilines is 1. The van der Waals surface area contributed by atoms with Crippen LogP contribution in [0.2, 0.25) is 0 Å². The average Bonchev–Trinajstić information content (AvgIpc) is 3.00. The molecule has 1 aromatic carbocycles. The van der Waals surface area contributed by atoms with Crippen LogP contribution in [0.1, 0.15) is 80.4 Å². The van der Waals surface area contributed by atoms with Crippen LogP contribution in [0.15, 0.2) is 12.1 Å². The molecule has 2 aliphatic rings. The Balaban J connectivity index is 1.89. The minimum Gasteiger partial charge on any atom is -0.481 e. The molecule has 4 N–H and O–H groups in total. The topological polar surface area (TPSA) is 193 Å². The Morgan fingerprint density at radius 3 is 2.15 bits per heavy atom. The molecular weight excluding hydrogens is 598 g/mol. The van der Waals surface area contributed by atoms with Crippen LogP contribution >= 0.6 is 0 Å². The van der Waals surface area contributed by atoms with Gasteiger partial charge in [0.25, 0.3) is 5.91 Å². The fourth-order valence-corrected chi connectivity index (χ4v) is 6.21. The number of nitrogens with two attached hydrogens (primary N) is 1. The van der Waals surface area contributed by atoms with Crippen LogP contribution in [0.25, 0.3) is 10.9 Å². The molecule has 2 fully saturated rings. The molecule has 14 heteroatoms. The number of carbonyl (C=O) groups excluding carboxylic acids is 3. The van der Waals surface area contributed by atoms with Crippen molar-refractivity contribution in [1.29, 1.82) is 0 Å². The van der Waals surface area contributed by atoms with E-state index < -0.39 is 35.5 Å². The molecular formula is C32H43N5O9. The van der Waals surface area contributed by atoms with Gasteiger partial charge in [0.1, 0.15) is 5.75 Å². The number of aromatic nitrogens is 1. The highest BCUT2D eigenvalue weighted by Crippen LogP contribution is 2.45. The van der Waals surface area contributed by atoms with Crippen LogP contribution in [0.3, 0.4) is 0 Å². The van der Waals surface area contributed by atoms with Crippen molar-refractivity contribution in [3.8, 4) is 5.75 Å². The number of carboxylic acid groups (broad SMARTS) is 2. The highest BCUT2D eigenvalue weighted by Gasteiger charge is 2.48. The number of amides is 3. The molecule has 46 heavy (non-hydrogen) atoms. The van der Waals surface area contributed by atoms with Crippen molar-refractivity contribution in [2.45, 2.75) is 71.3 Å². The van der Waals surface area contributed by atoms with Gasteiger partial charge in [0.05, 0.1) is 40.4 Å². The van der Waals surface area contributed by atoms with Crippen molar-refractivity contribution in [3.63, 3.8) is 0 Å². The number of hydrogen-bond acceptors (Lipinski definition) is 9. The summed E-state index contributed by atoms with van der Waals surface area (Å²) < 4.78 is 11.5. The normalized spacial score (nSPS) is 16.3. The van der Waals surface area contributed by atoms with Crippen molar-refractivity contribution in [2.75, 3.05) is 50.8 Å². The van der Waals surface area contributed by atoms with Crippen molar-refractivity contribution in [2.24, 2.45) is 5.73 Å². The minimum absolute atomic E-state index is 0.0880. The lowest BCUT2D eigenvalue weighted by molar-refractivity contribution is -0.163. The van der Waals surface area contributed by atoms with E-state index >= 15 is 0 Å². The van der Waals surface area contributed by atoms with E-state index in [4.69, 9.17) is 20.2 Å². The van der Waals surface area contributed by atoms with E-state index in [1.165, 1.54) is 4.90 Å². The zero-order valence-corrected chi connectivity index (χ0v) is 26.8. The molecule has 14 nitrogen and oxygen atoms in total. The molecule has 1 atom stereocenters. The Morgan fingerprint density at radius 1 is 1.02 bits per heavy atom. The number of primary amides is 1. The first kappa shape index (κ1) is 34.3. The third kappa shape index (κ3) is 6.65. The molecule has 1 unspecified atom stereocenters. The van der Waals surface area contributed by atoms with Gasteiger partial charge in [-0.1, -0.05) is 0 Å². The van der Waals surface area contributed by atoms with Gasteiger partial charge in [-0.15, -0.1) is 0 Å². The second kappa shape index (κ2) is 14.2. The maximum absolute atomic E-state index is 14.1. The van der Waals surface area contributed by atoms with Gasteiger partial charge in [-0.3, -0.25) is 19.4 Å². The molecule has 1 saturated heterocycles. The van der Waals surface area contributed by atoms with E-state index in [-0.39, 0.29) is 92.3 Å². The Kier molecular flexibility index (Phi) is 10.6. The third-order valence-corrected chi connectivity index (χ3v) is 8.95. The Labute approximate surface area is 267 Å². The van der Waals surface area contributed by atoms with Crippen LogP contribution in [0.5, 0.6) is 5.75 Å². The Hall–Kier alpha value is -4.62. The smallest absolute Gasteiger partial charge is 0.409 e. The van der Waals surface area contributed by atoms with Crippen molar-refractivity contribution < 1.29 is 43.7 Å². The first-order chi connectivity index (χ1) is 21.9. The molecule has 4 rings (SSSR count). The van der Waals surface area contributed by atoms with Crippen molar-refractivity contribution in [1.82, 2.24) is 14.8 Å². The number of aliphatic carboxylic acids is 2. The predicted octanol–water partition coefficient (Wildman–Crippen LogP) is 3.12. The molecule has 0 radical (unpaired) electrons. The largest absolute Gasteiger partial charge is 0.481 e. The van der Waals surface area contributed by atoms with Crippen LogP contribution in [-0.4, -0.2) is 106 Å². The summed E-state index contributed by atoms with van der Waals surface area (Å²) in [5.74, 6) is -4.31. The first-order valence-corrected chi connectivity index (χ1v) is 15.8. The first-order valence-electron chi connectivity index (χ1n) is 15.8. The Bertz CT molecular complexity index is 1510.